The van der Waals surface area contributed by atoms with Gasteiger partial charge in [0.2, 0.25) is 0 Å². The van der Waals surface area contributed by atoms with Crippen LogP contribution in [0.5, 0.6) is 5.75 Å². The third kappa shape index (κ3) is 1.03. The first-order valence-electron chi connectivity index (χ1n) is 5.00. The number of carbonyl (C=O) groups is 1. The molecule has 2 aromatic rings. The van der Waals surface area contributed by atoms with E-state index in [2.05, 4.69) is 4.57 Å². The number of ether oxygens (including phenoxy) is 1. The van der Waals surface area contributed by atoms with Crippen LogP contribution in [0.4, 0.5) is 0 Å². The molecule has 1 aliphatic heterocycles. The van der Waals surface area contributed by atoms with Gasteiger partial charge < -0.3 is 9.30 Å². The molecule has 1 aliphatic rings. The monoisotopic (exact) mass is 201 g/mol. The molecule has 0 unspecified atom stereocenters. The maximum Gasteiger partial charge on any atom is 0.181 e. The Balaban J connectivity index is 2.38. The highest BCUT2D eigenvalue weighted by atomic mass is 16.5. The highest BCUT2D eigenvalue weighted by Crippen LogP contribution is 2.31. The fourth-order valence-electron chi connectivity index (χ4n) is 2.25. The third-order valence-electron chi connectivity index (χ3n) is 2.97. The first kappa shape index (κ1) is 8.53. The molecule has 0 atom stereocenters. The number of ketones is 1. The Morgan fingerprint density at radius 3 is 3.07 bits per heavy atom. The largest absolute Gasteiger partial charge is 0.496 e. The fourth-order valence-corrected chi connectivity index (χ4v) is 2.25. The van der Waals surface area contributed by atoms with E-state index < -0.39 is 0 Å². The topological polar surface area (TPSA) is 31.2 Å². The molecule has 0 saturated carbocycles. The van der Waals surface area contributed by atoms with Gasteiger partial charge in [-0.05, 0) is 18.2 Å². The zero-order valence-corrected chi connectivity index (χ0v) is 8.49. The molecule has 76 valence electrons. The molecular formula is C12H11NO2. The number of hydrogen-bond acceptors (Lipinski definition) is 2. The summed E-state index contributed by atoms with van der Waals surface area (Å²) in [6.07, 6.45) is 0.627. The van der Waals surface area contributed by atoms with Gasteiger partial charge in [-0.15, -0.1) is 0 Å². The molecule has 0 radical (unpaired) electrons. The van der Waals surface area contributed by atoms with Gasteiger partial charge >= 0.3 is 0 Å². The van der Waals surface area contributed by atoms with Gasteiger partial charge in [0, 0.05) is 18.4 Å². The second-order valence-corrected chi connectivity index (χ2v) is 3.75. The average molecular weight is 201 g/mol. The summed E-state index contributed by atoms with van der Waals surface area (Å²) in [6.45, 7) is 0.796. The molecule has 0 N–H and O–H groups in total. The van der Waals surface area contributed by atoms with E-state index >= 15 is 0 Å². The summed E-state index contributed by atoms with van der Waals surface area (Å²) in [6, 6.07) is 7.84. The minimum absolute atomic E-state index is 0.230. The van der Waals surface area contributed by atoms with Crippen LogP contribution in [0.3, 0.4) is 0 Å². The zero-order chi connectivity index (χ0) is 10.4. The Hall–Kier alpha value is -1.77. The molecule has 0 saturated heterocycles. The molecule has 1 aromatic heterocycles. The Morgan fingerprint density at radius 1 is 1.40 bits per heavy atom. The van der Waals surface area contributed by atoms with Crippen LogP contribution in [0.1, 0.15) is 16.9 Å². The summed E-state index contributed by atoms with van der Waals surface area (Å²) in [5.74, 6) is 1.07. The van der Waals surface area contributed by atoms with E-state index in [1.54, 1.807) is 7.11 Å². The van der Waals surface area contributed by atoms with Crippen molar-refractivity contribution in [2.75, 3.05) is 7.11 Å². The van der Waals surface area contributed by atoms with Gasteiger partial charge in [0.1, 0.15) is 5.75 Å². The third-order valence-corrected chi connectivity index (χ3v) is 2.97. The minimum atomic E-state index is 0.230. The summed E-state index contributed by atoms with van der Waals surface area (Å²) in [7, 11) is 1.65. The minimum Gasteiger partial charge on any atom is -0.496 e. The number of Topliss-reactive ketones (excluding diaryl/α,β-unsaturated/α-hetero) is 1. The molecule has 3 rings (SSSR count). The molecule has 2 heterocycles. The van der Waals surface area contributed by atoms with Crippen LogP contribution in [0.2, 0.25) is 0 Å². The molecule has 0 aliphatic carbocycles. The summed E-state index contributed by atoms with van der Waals surface area (Å²) in [5.41, 5.74) is 1.91. The van der Waals surface area contributed by atoms with E-state index in [4.69, 9.17) is 4.74 Å². The number of hydrogen-bond donors (Lipinski definition) is 0. The lowest BCUT2D eigenvalue weighted by Gasteiger charge is -2.02. The Morgan fingerprint density at radius 2 is 2.27 bits per heavy atom. The summed E-state index contributed by atoms with van der Waals surface area (Å²) in [4.78, 5) is 11.6. The van der Waals surface area contributed by atoms with Crippen LogP contribution < -0.4 is 4.74 Å². The van der Waals surface area contributed by atoms with Crippen molar-refractivity contribution < 1.29 is 9.53 Å². The highest BCUT2D eigenvalue weighted by Gasteiger charge is 2.22. The summed E-state index contributed by atoms with van der Waals surface area (Å²) in [5, 5.41) is 1.03. The Kier molecular flexibility index (Phi) is 1.63. The lowest BCUT2D eigenvalue weighted by molar-refractivity contribution is 0.0994. The van der Waals surface area contributed by atoms with Crippen molar-refractivity contribution >= 4 is 16.7 Å². The smallest absolute Gasteiger partial charge is 0.181 e. The number of carbonyl (C=O) groups excluding carboxylic acids is 1. The SMILES string of the molecule is COc1cccc2c1cc1n2CCC1=O. The predicted octanol–water partition coefficient (Wildman–Crippen LogP) is 2.24. The van der Waals surface area contributed by atoms with Crippen LogP contribution in [-0.4, -0.2) is 17.5 Å². The van der Waals surface area contributed by atoms with Crippen molar-refractivity contribution in [3.63, 3.8) is 0 Å². The van der Waals surface area contributed by atoms with Gasteiger partial charge in [0.25, 0.3) is 0 Å². The number of methoxy groups -OCH3 is 1. The van der Waals surface area contributed by atoms with Crippen LogP contribution in [-0.2, 0) is 6.54 Å². The Bertz CT molecular complexity index is 554. The lowest BCUT2D eigenvalue weighted by Crippen LogP contribution is -1.91. The van der Waals surface area contributed by atoms with Crippen molar-refractivity contribution in [1.82, 2.24) is 4.57 Å². The molecule has 15 heavy (non-hydrogen) atoms. The normalized spacial score (nSPS) is 14.6. The molecule has 0 fully saturated rings. The van der Waals surface area contributed by atoms with Crippen LogP contribution >= 0.6 is 0 Å². The number of nitrogens with zero attached hydrogens (tertiary/aromatic N) is 1. The number of aromatic nitrogens is 1. The lowest BCUT2D eigenvalue weighted by atomic mass is 10.2. The molecular weight excluding hydrogens is 190 g/mol. The van der Waals surface area contributed by atoms with Gasteiger partial charge in [0.05, 0.1) is 18.3 Å². The van der Waals surface area contributed by atoms with E-state index in [1.807, 2.05) is 24.3 Å². The zero-order valence-electron chi connectivity index (χ0n) is 8.49. The van der Waals surface area contributed by atoms with Crippen molar-refractivity contribution in [1.29, 1.82) is 0 Å². The number of rotatable bonds is 1. The molecule has 3 nitrogen and oxygen atoms in total. The maximum atomic E-state index is 11.6. The van der Waals surface area contributed by atoms with Crippen molar-refractivity contribution in [2.24, 2.45) is 0 Å². The van der Waals surface area contributed by atoms with E-state index in [9.17, 15) is 4.79 Å². The molecule has 1 aromatic carbocycles. The number of fused-ring (bicyclic) bond motifs is 3. The second-order valence-electron chi connectivity index (χ2n) is 3.75. The van der Waals surface area contributed by atoms with Crippen molar-refractivity contribution in [2.45, 2.75) is 13.0 Å². The van der Waals surface area contributed by atoms with Gasteiger partial charge in [0.15, 0.2) is 5.78 Å². The molecule has 0 bridgehead atoms. The van der Waals surface area contributed by atoms with Gasteiger partial charge in [-0.1, -0.05) is 6.07 Å². The maximum absolute atomic E-state index is 11.6. The summed E-state index contributed by atoms with van der Waals surface area (Å²) < 4.78 is 7.34. The van der Waals surface area contributed by atoms with Crippen molar-refractivity contribution in [3.8, 4) is 5.75 Å². The molecule has 0 spiro atoms. The highest BCUT2D eigenvalue weighted by molar-refractivity contribution is 6.03. The van der Waals surface area contributed by atoms with E-state index in [0.29, 0.717) is 6.42 Å². The van der Waals surface area contributed by atoms with Crippen molar-refractivity contribution in [3.05, 3.63) is 30.0 Å². The number of benzene rings is 1. The summed E-state index contributed by atoms with van der Waals surface area (Å²) >= 11 is 0. The van der Waals surface area contributed by atoms with Crippen LogP contribution in [0.15, 0.2) is 24.3 Å². The standard InChI is InChI=1S/C12H11NO2/c1-15-12-4-2-3-9-8(12)7-10-11(14)5-6-13(9)10/h2-4,7H,5-6H2,1H3. The van der Waals surface area contributed by atoms with E-state index in [0.717, 1.165) is 28.9 Å². The van der Waals surface area contributed by atoms with Crippen LogP contribution in [0, 0.1) is 0 Å². The van der Waals surface area contributed by atoms with Crippen LogP contribution in [0.25, 0.3) is 10.9 Å². The number of aryl methyl sites for hydroxylation is 1. The first-order valence-corrected chi connectivity index (χ1v) is 5.00. The average Bonchev–Trinajstić information content (AvgIpc) is 2.79. The van der Waals surface area contributed by atoms with E-state index in [-0.39, 0.29) is 5.78 Å². The second kappa shape index (κ2) is 2.86. The fraction of sp³-hybridized carbons (Fsp3) is 0.250. The van der Waals surface area contributed by atoms with Gasteiger partial charge in [-0.2, -0.15) is 0 Å². The van der Waals surface area contributed by atoms with Gasteiger partial charge in [-0.3, -0.25) is 4.79 Å². The molecule has 3 heteroatoms. The van der Waals surface area contributed by atoms with E-state index in [1.165, 1.54) is 0 Å². The Labute approximate surface area is 87.3 Å². The predicted molar refractivity (Wildman–Crippen MR) is 57.4 cm³/mol. The molecule has 0 amide bonds. The first-order chi connectivity index (χ1) is 7.31. The van der Waals surface area contributed by atoms with Gasteiger partial charge in [-0.25, -0.2) is 0 Å². The quantitative estimate of drug-likeness (QED) is 0.708.